The molecule has 0 amide bonds. The molecule has 0 aliphatic carbocycles. The monoisotopic (exact) mass is 443 g/mol. The van der Waals surface area contributed by atoms with E-state index in [9.17, 15) is 8.42 Å². The van der Waals surface area contributed by atoms with Gasteiger partial charge in [0.05, 0.1) is 41.5 Å². The lowest BCUT2D eigenvalue weighted by Gasteiger charge is -2.15. The maximum atomic E-state index is 11.5. The standard InChI is InChI=1S/C25H21N3O3S/c1-31-23-15-19(28-32(2,29)30)12-13-21(23)26-22-9-5-7-17-14-18-11-10-16-6-3-4-8-20(16)24(18)27-25(17)22/h3-15,26,28H,1-2H3. The molecule has 160 valence electrons. The number of rotatable bonds is 5. The third-order valence-corrected chi connectivity index (χ3v) is 5.91. The molecule has 0 saturated carbocycles. The summed E-state index contributed by atoms with van der Waals surface area (Å²) in [5.74, 6) is 0.516. The molecule has 5 rings (SSSR count). The minimum Gasteiger partial charge on any atom is -0.494 e. The molecule has 4 aromatic carbocycles. The number of ether oxygens (including phenoxy) is 1. The van der Waals surface area contributed by atoms with Crippen molar-refractivity contribution in [2.75, 3.05) is 23.4 Å². The fraction of sp³-hybridized carbons (Fsp3) is 0.0800. The highest BCUT2D eigenvalue weighted by Gasteiger charge is 2.11. The van der Waals surface area contributed by atoms with Crippen molar-refractivity contribution >= 4 is 59.7 Å². The van der Waals surface area contributed by atoms with Gasteiger partial charge in [0.2, 0.25) is 10.0 Å². The molecule has 5 aromatic rings. The summed E-state index contributed by atoms with van der Waals surface area (Å²) in [6.07, 6.45) is 1.11. The predicted molar refractivity (Wildman–Crippen MR) is 131 cm³/mol. The molecule has 0 bridgehead atoms. The summed E-state index contributed by atoms with van der Waals surface area (Å²) in [5.41, 5.74) is 3.77. The average Bonchev–Trinajstić information content (AvgIpc) is 2.78. The number of nitrogens with zero attached hydrogens (tertiary/aromatic N) is 1. The average molecular weight is 444 g/mol. The number of nitrogens with one attached hydrogen (secondary N) is 2. The Balaban J connectivity index is 1.63. The van der Waals surface area contributed by atoms with Crippen molar-refractivity contribution in [3.8, 4) is 5.75 Å². The van der Waals surface area contributed by atoms with Crippen LogP contribution >= 0.6 is 0 Å². The Bertz CT molecular complexity index is 1600. The van der Waals surface area contributed by atoms with Gasteiger partial charge in [-0.25, -0.2) is 13.4 Å². The van der Waals surface area contributed by atoms with Gasteiger partial charge in [0.1, 0.15) is 5.75 Å². The number of para-hydroxylation sites is 1. The zero-order valence-electron chi connectivity index (χ0n) is 17.6. The van der Waals surface area contributed by atoms with Gasteiger partial charge in [0.15, 0.2) is 0 Å². The van der Waals surface area contributed by atoms with Crippen LogP contribution in [0.3, 0.4) is 0 Å². The van der Waals surface area contributed by atoms with Crippen LogP contribution in [0.5, 0.6) is 5.75 Å². The van der Waals surface area contributed by atoms with Crippen LogP contribution in [0.15, 0.2) is 78.9 Å². The SMILES string of the molecule is COc1cc(NS(C)(=O)=O)ccc1Nc1cccc2cc3ccc4ccccc4c3nc12. The molecule has 2 N–H and O–H groups in total. The number of anilines is 3. The quantitative estimate of drug-likeness (QED) is 0.270. The second-order valence-electron chi connectivity index (χ2n) is 7.64. The normalized spacial score (nSPS) is 11.7. The molecule has 7 heteroatoms. The van der Waals surface area contributed by atoms with E-state index in [1.807, 2.05) is 30.3 Å². The molecule has 0 atom stereocenters. The number of benzene rings is 4. The zero-order valence-corrected chi connectivity index (χ0v) is 18.4. The fourth-order valence-corrected chi connectivity index (χ4v) is 4.47. The van der Waals surface area contributed by atoms with E-state index < -0.39 is 10.0 Å². The Morgan fingerprint density at radius 3 is 2.34 bits per heavy atom. The molecule has 1 aromatic heterocycles. The van der Waals surface area contributed by atoms with Crippen molar-refractivity contribution in [3.05, 3.63) is 78.9 Å². The van der Waals surface area contributed by atoms with E-state index in [0.29, 0.717) is 17.1 Å². The number of hydrogen-bond donors (Lipinski definition) is 2. The molecule has 0 spiro atoms. The van der Waals surface area contributed by atoms with Crippen molar-refractivity contribution in [3.63, 3.8) is 0 Å². The van der Waals surface area contributed by atoms with Gasteiger partial charge in [-0.05, 0) is 29.7 Å². The molecule has 0 aliphatic heterocycles. The Labute approximate surface area is 185 Å². The van der Waals surface area contributed by atoms with Gasteiger partial charge < -0.3 is 10.1 Å². The van der Waals surface area contributed by atoms with E-state index in [2.05, 4.69) is 40.4 Å². The Morgan fingerprint density at radius 1 is 0.781 bits per heavy atom. The van der Waals surface area contributed by atoms with Crippen LogP contribution in [-0.2, 0) is 10.0 Å². The Morgan fingerprint density at radius 2 is 1.53 bits per heavy atom. The van der Waals surface area contributed by atoms with Gasteiger partial charge in [0, 0.05) is 22.2 Å². The summed E-state index contributed by atoms with van der Waals surface area (Å²) in [6.45, 7) is 0. The molecule has 0 radical (unpaired) electrons. The van der Waals surface area contributed by atoms with Gasteiger partial charge in [-0.3, -0.25) is 4.72 Å². The first-order chi connectivity index (χ1) is 15.4. The molecular weight excluding hydrogens is 422 g/mol. The van der Waals surface area contributed by atoms with Crippen molar-refractivity contribution in [2.24, 2.45) is 0 Å². The maximum Gasteiger partial charge on any atom is 0.229 e. The van der Waals surface area contributed by atoms with E-state index in [0.717, 1.165) is 44.5 Å². The first kappa shape index (κ1) is 20.1. The maximum absolute atomic E-state index is 11.5. The highest BCUT2D eigenvalue weighted by atomic mass is 32.2. The smallest absolute Gasteiger partial charge is 0.229 e. The van der Waals surface area contributed by atoms with Crippen LogP contribution in [0.4, 0.5) is 17.1 Å². The van der Waals surface area contributed by atoms with E-state index in [1.54, 1.807) is 25.3 Å². The molecule has 0 saturated heterocycles. The molecule has 0 unspecified atom stereocenters. The summed E-state index contributed by atoms with van der Waals surface area (Å²) < 4.78 is 31.1. The van der Waals surface area contributed by atoms with E-state index >= 15 is 0 Å². The van der Waals surface area contributed by atoms with Crippen molar-refractivity contribution < 1.29 is 13.2 Å². The highest BCUT2D eigenvalue weighted by molar-refractivity contribution is 7.92. The van der Waals surface area contributed by atoms with Crippen molar-refractivity contribution in [2.45, 2.75) is 0 Å². The van der Waals surface area contributed by atoms with Crippen molar-refractivity contribution in [1.29, 1.82) is 0 Å². The lowest BCUT2D eigenvalue weighted by molar-refractivity contribution is 0.417. The summed E-state index contributed by atoms with van der Waals surface area (Å²) in [5, 5.41) is 7.76. The zero-order chi connectivity index (χ0) is 22.3. The minimum absolute atomic E-state index is 0.434. The van der Waals surface area contributed by atoms with Gasteiger partial charge in [0.25, 0.3) is 0 Å². The molecule has 6 nitrogen and oxygen atoms in total. The van der Waals surface area contributed by atoms with E-state index in [1.165, 1.54) is 0 Å². The number of hydrogen-bond acceptors (Lipinski definition) is 5. The van der Waals surface area contributed by atoms with Gasteiger partial charge in [-0.2, -0.15) is 0 Å². The summed E-state index contributed by atoms with van der Waals surface area (Å²) >= 11 is 0. The van der Waals surface area contributed by atoms with Crippen LogP contribution in [0.25, 0.3) is 32.6 Å². The highest BCUT2D eigenvalue weighted by Crippen LogP contribution is 2.35. The second kappa shape index (κ2) is 7.69. The summed E-state index contributed by atoms with van der Waals surface area (Å²) in [7, 11) is -1.83. The van der Waals surface area contributed by atoms with Crippen molar-refractivity contribution in [1.82, 2.24) is 4.98 Å². The predicted octanol–water partition coefficient (Wildman–Crippen LogP) is 5.66. The van der Waals surface area contributed by atoms with E-state index in [4.69, 9.17) is 9.72 Å². The van der Waals surface area contributed by atoms with Gasteiger partial charge >= 0.3 is 0 Å². The molecular formula is C25H21N3O3S. The summed E-state index contributed by atoms with van der Waals surface area (Å²) in [6, 6.07) is 25.7. The lowest BCUT2D eigenvalue weighted by atomic mass is 10.0. The number of methoxy groups -OCH3 is 1. The molecule has 32 heavy (non-hydrogen) atoms. The number of fused-ring (bicyclic) bond motifs is 4. The second-order valence-corrected chi connectivity index (χ2v) is 9.39. The first-order valence-corrected chi connectivity index (χ1v) is 11.9. The van der Waals surface area contributed by atoms with E-state index in [-0.39, 0.29) is 0 Å². The minimum atomic E-state index is -3.38. The van der Waals surface area contributed by atoms with Crippen LogP contribution in [0.1, 0.15) is 0 Å². The van der Waals surface area contributed by atoms with Crippen LogP contribution in [0, 0.1) is 0 Å². The van der Waals surface area contributed by atoms with Gasteiger partial charge in [-0.1, -0.05) is 48.5 Å². The van der Waals surface area contributed by atoms with Crippen LogP contribution < -0.4 is 14.8 Å². The Kier molecular flexibility index (Phi) is 4.83. The molecule has 0 fully saturated rings. The molecule has 0 aliphatic rings. The Hall–Kier alpha value is -3.84. The number of sulfonamides is 1. The lowest BCUT2D eigenvalue weighted by Crippen LogP contribution is -2.09. The molecule has 1 heterocycles. The number of aromatic nitrogens is 1. The third-order valence-electron chi connectivity index (χ3n) is 5.31. The first-order valence-electron chi connectivity index (χ1n) is 10.1. The topological polar surface area (TPSA) is 80.3 Å². The third kappa shape index (κ3) is 3.78. The van der Waals surface area contributed by atoms with Gasteiger partial charge in [-0.15, -0.1) is 0 Å². The van der Waals surface area contributed by atoms with Crippen LogP contribution in [-0.4, -0.2) is 26.8 Å². The largest absolute Gasteiger partial charge is 0.494 e. The van der Waals surface area contributed by atoms with Crippen LogP contribution in [0.2, 0.25) is 0 Å². The number of pyridine rings is 1. The fourth-order valence-electron chi connectivity index (χ4n) is 3.91. The summed E-state index contributed by atoms with van der Waals surface area (Å²) in [4.78, 5) is 5.03.